The van der Waals surface area contributed by atoms with Gasteiger partial charge in [0.15, 0.2) is 12.2 Å². The molecule has 4 nitrogen and oxygen atoms in total. The summed E-state index contributed by atoms with van der Waals surface area (Å²) in [5, 5.41) is 2.63. The fourth-order valence-corrected chi connectivity index (χ4v) is 2.47. The van der Waals surface area contributed by atoms with E-state index >= 15 is 0 Å². The first kappa shape index (κ1) is 26.8. The predicted octanol–water partition coefficient (Wildman–Crippen LogP) is 6.44. The van der Waals surface area contributed by atoms with Gasteiger partial charge in [-0.15, -0.1) is 6.58 Å². The average molecular weight is 457 g/mol. The molecule has 174 valence electrons. The summed E-state index contributed by atoms with van der Waals surface area (Å²) in [7, 11) is 0. The van der Waals surface area contributed by atoms with Crippen LogP contribution in [0.5, 0.6) is 0 Å². The van der Waals surface area contributed by atoms with Gasteiger partial charge in [-0.05, 0) is 25.3 Å². The molecule has 0 N–H and O–H groups in total. The Kier molecular flexibility index (Phi) is 10.8. The van der Waals surface area contributed by atoms with Crippen molar-refractivity contribution in [2.75, 3.05) is 13.2 Å². The van der Waals surface area contributed by atoms with Crippen molar-refractivity contribution in [2.45, 2.75) is 49.9 Å². The lowest BCUT2D eigenvalue weighted by Crippen LogP contribution is -2.31. The van der Waals surface area contributed by atoms with Crippen molar-refractivity contribution in [1.29, 1.82) is 0 Å². The van der Waals surface area contributed by atoms with Gasteiger partial charge in [-0.3, -0.25) is 0 Å². The lowest BCUT2D eigenvalue weighted by atomic mass is 10.1. The minimum absolute atomic E-state index is 0.132. The van der Waals surface area contributed by atoms with Gasteiger partial charge in [0.05, 0.1) is 6.61 Å². The molecule has 0 radical (unpaired) electrons. The number of rotatable bonds is 13. The lowest BCUT2D eigenvalue weighted by molar-refractivity contribution is -0.205. The molecule has 0 fully saturated rings. The molecule has 0 amide bonds. The average Bonchev–Trinajstić information content (AvgIpc) is 2.68. The lowest BCUT2D eigenvalue weighted by Gasteiger charge is -2.19. The summed E-state index contributed by atoms with van der Waals surface area (Å²) in [4.78, 5) is 10.9. The molecule has 0 spiro atoms. The Hall–Kier alpha value is -2.27. The topological polar surface area (TPSA) is 47.9 Å². The number of allylic oxidation sites excluding steroid dienone is 1. The fourth-order valence-electron chi connectivity index (χ4n) is 2.47. The van der Waals surface area contributed by atoms with Crippen LogP contribution in [0.2, 0.25) is 0 Å². The van der Waals surface area contributed by atoms with Gasteiger partial charge in [-0.2, -0.15) is 31.2 Å². The van der Waals surface area contributed by atoms with Crippen LogP contribution in [-0.2, 0) is 9.47 Å². The van der Waals surface area contributed by atoms with Crippen LogP contribution in [0.15, 0.2) is 54.2 Å². The number of ether oxygens (including phenoxy) is 2. The second-order valence-electron chi connectivity index (χ2n) is 6.43. The summed E-state index contributed by atoms with van der Waals surface area (Å²) in [6.07, 6.45) is -10.7. The zero-order valence-electron chi connectivity index (χ0n) is 16.3. The van der Waals surface area contributed by atoms with Crippen LogP contribution in [-0.4, -0.2) is 37.8 Å². The van der Waals surface area contributed by atoms with Gasteiger partial charge in [0, 0.05) is 12.2 Å². The first-order valence-corrected chi connectivity index (χ1v) is 9.23. The highest BCUT2D eigenvalue weighted by atomic mass is 19.4. The van der Waals surface area contributed by atoms with Crippen molar-refractivity contribution >= 4 is 0 Å². The number of unbranched alkanes of at least 4 members (excludes halogenated alkanes) is 2. The largest absolute Gasteiger partial charge is 0.418 e. The summed E-state index contributed by atoms with van der Waals surface area (Å²) in [6, 6.07) is 3.58. The van der Waals surface area contributed by atoms with Gasteiger partial charge in [-0.25, -0.2) is 4.39 Å². The van der Waals surface area contributed by atoms with Gasteiger partial charge in [0.25, 0.3) is 0 Å². The number of nitrogens with zero attached hydrogens (tertiary/aromatic N) is 1. The zero-order chi connectivity index (χ0) is 23.5. The van der Waals surface area contributed by atoms with Crippen LogP contribution in [0.25, 0.3) is 0 Å². The van der Waals surface area contributed by atoms with Crippen molar-refractivity contribution in [3.05, 3.63) is 65.4 Å². The third kappa shape index (κ3) is 9.60. The standard InChI is InChI=1S/C20H22F7NO3/c1-2-17(19(22,23)24)30-12-8-4-3-5-11-18(20(25,26)27)31-13-16(28-29)14-9-6-7-10-15(14)21/h2,5-7,9-11,16-18H,1,3-4,8,12-13H2. The highest BCUT2D eigenvalue weighted by Gasteiger charge is 2.40. The van der Waals surface area contributed by atoms with E-state index < -0.39 is 43.0 Å². The fraction of sp³-hybridized carbons (Fsp3) is 0.500. The second kappa shape index (κ2) is 12.6. The van der Waals surface area contributed by atoms with Crippen LogP contribution >= 0.6 is 0 Å². The van der Waals surface area contributed by atoms with E-state index in [4.69, 9.17) is 4.74 Å². The van der Waals surface area contributed by atoms with Gasteiger partial charge in [-0.1, -0.05) is 41.6 Å². The maximum atomic E-state index is 13.7. The van der Waals surface area contributed by atoms with E-state index in [0.717, 1.165) is 12.1 Å². The maximum absolute atomic E-state index is 13.7. The summed E-state index contributed by atoms with van der Waals surface area (Å²) in [6.45, 7) is 2.01. The maximum Gasteiger partial charge on any atom is 0.418 e. The zero-order valence-corrected chi connectivity index (χ0v) is 16.3. The molecular formula is C20H22F7NO3. The van der Waals surface area contributed by atoms with Gasteiger partial charge in [0.2, 0.25) is 0 Å². The highest BCUT2D eigenvalue weighted by molar-refractivity contribution is 5.21. The summed E-state index contributed by atoms with van der Waals surface area (Å²) in [5.74, 6) is -0.791. The number of nitroso groups, excluding NO2 is 1. The molecular weight excluding hydrogens is 435 g/mol. The van der Waals surface area contributed by atoms with Crippen LogP contribution in [0, 0.1) is 10.7 Å². The van der Waals surface area contributed by atoms with Crippen LogP contribution in [0.3, 0.4) is 0 Å². The summed E-state index contributed by atoms with van der Waals surface area (Å²) in [5.41, 5.74) is -0.181. The minimum atomic E-state index is -4.79. The molecule has 1 aromatic carbocycles. The molecule has 0 aromatic heterocycles. The Morgan fingerprint density at radius 2 is 1.65 bits per heavy atom. The van der Waals surface area contributed by atoms with Crippen molar-refractivity contribution < 1.29 is 40.2 Å². The SMILES string of the molecule is C=CC(OCCCCC=CC(OCC(N=O)c1ccccc1F)C(F)(F)F)C(F)(F)F. The second-order valence-corrected chi connectivity index (χ2v) is 6.43. The van der Waals surface area contributed by atoms with Crippen molar-refractivity contribution in [1.82, 2.24) is 0 Å². The molecule has 3 atom stereocenters. The molecule has 0 aliphatic carbocycles. The molecule has 0 saturated heterocycles. The van der Waals surface area contributed by atoms with Crippen molar-refractivity contribution in [3.63, 3.8) is 0 Å². The molecule has 0 bridgehead atoms. The molecule has 11 heteroatoms. The molecule has 1 rings (SSSR count). The Morgan fingerprint density at radius 1 is 1.00 bits per heavy atom. The Morgan fingerprint density at radius 3 is 2.19 bits per heavy atom. The molecule has 0 heterocycles. The van der Waals surface area contributed by atoms with Gasteiger partial charge < -0.3 is 9.47 Å². The van der Waals surface area contributed by atoms with E-state index in [2.05, 4.69) is 16.5 Å². The quantitative estimate of drug-likeness (QED) is 0.148. The monoisotopic (exact) mass is 457 g/mol. The smallest absolute Gasteiger partial charge is 0.365 e. The molecule has 31 heavy (non-hydrogen) atoms. The first-order valence-electron chi connectivity index (χ1n) is 9.23. The van der Waals surface area contributed by atoms with Crippen LogP contribution in [0.1, 0.15) is 30.9 Å². The number of benzene rings is 1. The number of alkyl halides is 6. The molecule has 1 aromatic rings. The first-order chi connectivity index (χ1) is 14.5. The van der Waals surface area contributed by atoms with Gasteiger partial charge in [0.1, 0.15) is 11.9 Å². The van der Waals surface area contributed by atoms with E-state index in [0.29, 0.717) is 6.08 Å². The predicted molar refractivity (Wildman–Crippen MR) is 99.7 cm³/mol. The van der Waals surface area contributed by atoms with E-state index in [1.165, 1.54) is 24.3 Å². The summed E-state index contributed by atoms with van der Waals surface area (Å²) >= 11 is 0. The Balaban J connectivity index is 2.52. The van der Waals surface area contributed by atoms with Crippen molar-refractivity contribution in [3.8, 4) is 0 Å². The van der Waals surface area contributed by atoms with E-state index in [1.54, 1.807) is 0 Å². The van der Waals surface area contributed by atoms with E-state index in [9.17, 15) is 35.6 Å². The number of hydrogen-bond acceptors (Lipinski definition) is 4. The number of hydrogen-bond donors (Lipinski definition) is 0. The Labute approximate surface area is 174 Å². The molecule has 0 aliphatic heterocycles. The third-order valence-corrected chi connectivity index (χ3v) is 4.06. The third-order valence-electron chi connectivity index (χ3n) is 4.06. The minimum Gasteiger partial charge on any atom is -0.365 e. The molecule has 0 aliphatic rings. The number of halogens is 7. The van der Waals surface area contributed by atoms with Crippen LogP contribution in [0.4, 0.5) is 30.7 Å². The van der Waals surface area contributed by atoms with E-state index in [-0.39, 0.29) is 31.4 Å². The van der Waals surface area contributed by atoms with Crippen LogP contribution < -0.4 is 0 Å². The normalized spacial score (nSPS) is 15.6. The Bertz CT molecular complexity index is 719. The molecule has 0 saturated carbocycles. The summed E-state index contributed by atoms with van der Waals surface area (Å²) < 4.78 is 99.9. The highest BCUT2D eigenvalue weighted by Crippen LogP contribution is 2.28. The molecule has 3 unspecified atom stereocenters. The van der Waals surface area contributed by atoms with Gasteiger partial charge >= 0.3 is 12.4 Å². The van der Waals surface area contributed by atoms with Crippen molar-refractivity contribution in [2.24, 2.45) is 5.18 Å². The van der Waals surface area contributed by atoms with E-state index in [1.807, 2.05) is 0 Å².